The van der Waals surface area contributed by atoms with Crippen molar-refractivity contribution in [2.45, 2.75) is 19.8 Å². The van der Waals surface area contributed by atoms with Crippen LogP contribution in [0, 0.1) is 5.82 Å². The lowest BCUT2D eigenvalue weighted by atomic mass is 10.3. The van der Waals surface area contributed by atoms with Crippen molar-refractivity contribution in [2.75, 3.05) is 32.0 Å². The quantitative estimate of drug-likeness (QED) is 0.766. The van der Waals surface area contributed by atoms with Crippen LogP contribution in [-0.4, -0.2) is 31.6 Å². The lowest BCUT2D eigenvalue weighted by molar-refractivity contribution is 0.340. The summed E-state index contributed by atoms with van der Waals surface area (Å²) in [6.07, 6.45) is 2.47. The SMILES string of the molecule is CCCCN(C)CCNc1ccc(F)cc1. The highest BCUT2D eigenvalue weighted by Crippen LogP contribution is 2.07. The average Bonchev–Trinajstić information content (AvgIpc) is 2.29. The number of hydrogen-bond acceptors (Lipinski definition) is 2. The van der Waals surface area contributed by atoms with E-state index in [2.05, 4.69) is 24.2 Å². The van der Waals surface area contributed by atoms with Crippen LogP contribution < -0.4 is 5.32 Å². The summed E-state index contributed by atoms with van der Waals surface area (Å²) in [6, 6.07) is 6.48. The standard InChI is InChI=1S/C13H21FN2/c1-3-4-10-16(2)11-9-15-13-7-5-12(14)6-8-13/h5-8,15H,3-4,9-11H2,1-2H3. The largest absolute Gasteiger partial charge is 0.384 e. The Morgan fingerprint density at radius 3 is 2.50 bits per heavy atom. The first-order valence-electron chi connectivity index (χ1n) is 5.90. The number of nitrogens with one attached hydrogen (secondary N) is 1. The van der Waals surface area contributed by atoms with Crippen LogP contribution >= 0.6 is 0 Å². The van der Waals surface area contributed by atoms with Gasteiger partial charge in [0.25, 0.3) is 0 Å². The number of hydrogen-bond donors (Lipinski definition) is 1. The summed E-state index contributed by atoms with van der Waals surface area (Å²) < 4.78 is 12.6. The van der Waals surface area contributed by atoms with Crippen molar-refractivity contribution in [1.82, 2.24) is 4.90 Å². The molecule has 0 aromatic heterocycles. The molecule has 0 aliphatic carbocycles. The molecule has 0 aliphatic heterocycles. The van der Waals surface area contributed by atoms with E-state index in [-0.39, 0.29) is 5.82 Å². The highest BCUT2D eigenvalue weighted by atomic mass is 19.1. The van der Waals surface area contributed by atoms with Gasteiger partial charge in [-0.15, -0.1) is 0 Å². The molecular weight excluding hydrogens is 203 g/mol. The van der Waals surface area contributed by atoms with Gasteiger partial charge in [-0.25, -0.2) is 4.39 Å². The number of nitrogens with zero attached hydrogens (tertiary/aromatic N) is 1. The number of benzene rings is 1. The van der Waals surface area contributed by atoms with E-state index in [1.165, 1.54) is 25.0 Å². The van der Waals surface area contributed by atoms with Gasteiger partial charge in [-0.3, -0.25) is 0 Å². The molecule has 0 fully saturated rings. The van der Waals surface area contributed by atoms with Gasteiger partial charge in [-0.2, -0.15) is 0 Å². The van der Waals surface area contributed by atoms with Crippen molar-refractivity contribution >= 4 is 5.69 Å². The molecule has 0 saturated carbocycles. The monoisotopic (exact) mass is 224 g/mol. The van der Waals surface area contributed by atoms with Crippen molar-refractivity contribution < 1.29 is 4.39 Å². The molecule has 0 bridgehead atoms. The predicted octanol–water partition coefficient (Wildman–Crippen LogP) is 2.97. The second-order valence-electron chi connectivity index (χ2n) is 4.09. The maximum absolute atomic E-state index is 12.6. The minimum absolute atomic E-state index is 0.189. The van der Waals surface area contributed by atoms with Crippen molar-refractivity contribution in [3.8, 4) is 0 Å². The summed E-state index contributed by atoms with van der Waals surface area (Å²) in [5, 5.41) is 3.27. The average molecular weight is 224 g/mol. The van der Waals surface area contributed by atoms with Crippen molar-refractivity contribution in [2.24, 2.45) is 0 Å². The summed E-state index contributed by atoms with van der Waals surface area (Å²) in [4.78, 5) is 2.31. The second kappa shape index (κ2) is 7.23. The van der Waals surface area contributed by atoms with Gasteiger partial charge in [0.15, 0.2) is 0 Å². The first-order valence-corrected chi connectivity index (χ1v) is 5.90. The minimum atomic E-state index is -0.189. The smallest absolute Gasteiger partial charge is 0.123 e. The molecule has 0 atom stereocenters. The topological polar surface area (TPSA) is 15.3 Å². The van der Waals surface area contributed by atoms with Crippen LogP contribution in [0.15, 0.2) is 24.3 Å². The van der Waals surface area contributed by atoms with Crippen LogP contribution in [-0.2, 0) is 0 Å². The molecule has 0 amide bonds. The maximum atomic E-state index is 12.6. The van der Waals surface area contributed by atoms with E-state index in [0.717, 1.165) is 25.3 Å². The van der Waals surface area contributed by atoms with Gasteiger partial charge >= 0.3 is 0 Å². The Labute approximate surface area is 97.5 Å². The molecule has 0 radical (unpaired) electrons. The van der Waals surface area contributed by atoms with Crippen LogP contribution in [0.2, 0.25) is 0 Å². The fraction of sp³-hybridized carbons (Fsp3) is 0.538. The van der Waals surface area contributed by atoms with Gasteiger partial charge in [-0.05, 0) is 44.3 Å². The zero-order valence-electron chi connectivity index (χ0n) is 10.2. The lowest BCUT2D eigenvalue weighted by Crippen LogP contribution is -2.26. The van der Waals surface area contributed by atoms with Gasteiger partial charge in [-0.1, -0.05) is 13.3 Å². The Kier molecular flexibility index (Phi) is 5.86. The summed E-state index contributed by atoms with van der Waals surface area (Å²) in [5.41, 5.74) is 0.977. The van der Waals surface area contributed by atoms with Crippen molar-refractivity contribution in [3.63, 3.8) is 0 Å². The number of anilines is 1. The summed E-state index contributed by atoms with van der Waals surface area (Å²) in [6.45, 7) is 5.25. The van der Waals surface area contributed by atoms with E-state index in [1.807, 2.05) is 0 Å². The van der Waals surface area contributed by atoms with Gasteiger partial charge in [0.1, 0.15) is 5.82 Å². The zero-order valence-corrected chi connectivity index (χ0v) is 10.2. The normalized spacial score (nSPS) is 10.8. The Morgan fingerprint density at radius 1 is 1.19 bits per heavy atom. The predicted molar refractivity (Wildman–Crippen MR) is 67.3 cm³/mol. The van der Waals surface area contributed by atoms with E-state index in [0.29, 0.717) is 0 Å². The Hall–Kier alpha value is -1.09. The maximum Gasteiger partial charge on any atom is 0.123 e. The molecule has 0 aliphatic rings. The molecular formula is C13H21FN2. The first kappa shape index (κ1) is 13.0. The van der Waals surface area contributed by atoms with Crippen molar-refractivity contribution in [3.05, 3.63) is 30.1 Å². The van der Waals surface area contributed by atoms with E-state index in [9.17, 15) is 4.39 Å². The molecule has 1 N–H and O–H groups in total. The fourth-order valence-electron chi connectivity index (χ4n) is 1.50. The van der Waals surface area contributed by atoms with Crippen LogP contribution in [0.1, 0.15) is 19.8 Å². The van der Waals surface area contributed by atoms with Crippen LogP contribution in [0.4, 0.5) is 10.1 Å². The van der Waals surface area contributed by atoms with E-state index in [4.69, 9.17) is 0 Å². The number of halogens is 1. The highest BCUT2D eigenvalue weighted by molar-refractivity contribution is 5.42. The van der Waals surface area contributed by atoms with E-state index in [1.54, 1.807) is 12.1 Å². The molecule has 1 rings (SSSR count). The van der Waals surface area contributed by atoms with Crippen LogP contribution in [0.25, 0.3) is 0 Å². The van der Waals surface area contributed by atoms with Gasteiger partial charge in [0.05, 0.1) is 0 Å². The van der Waals surface area contributed by atoms with Gasteiger partial charge in [0.2, 0.25) is 0 Å². The minimum Gasteiger partial charge on any atom is -0.384 e. The van der Waals surface area contributed by atoms with Gasteiger partial charge < -0.3 is 10.2 Å². The fourth-order valence-corrected chi connectivity index (χ4v) is 1.50. The molecule has 3 heteroatoms. The summed E-state index contributed by atoms with van der Waals surface area (Å²) >= 11 is 0. The number of likely N-dealkylation sites (N-methyl/N-ethyl adjacent to an activating group) is 1. The molecule has 0 spiro atoms. The molecule has 0 unspecified atom stereocenters. The number of rotatable bonds is 7. The molecule has 1 aromatic rings. The van der Waals surface area contributed by atoms with E-state index < -0.39 is 0 Å². The second-order valence-corrected chi connectivity index (χ2v) is 4.09. The summed E-state index contributed by atoms with van der Waals surface area (Å²) in [5.74, 6) is -0.189. The Bertz CT molecular complexity index is 284. The third-order valence-corrected chi connectivity index (χ3v) is 2.56. The molecule has 1 aromatic carbocycles. The van der Waals surface area contributed by atoms with Gasteiger partial charge in [0, 0.05) is 18.8 Å². The van der Waals surface area contributed by atoms with E-state index >= 15 is 0 Å². The summed E-state index contributed by atoms with van der Waals surface area (Å²) in [7, 11) is 2.13. The third-order valence-electron chi connectivity index (χ3n) is 2.56. The molecule has 16 heavy (non-hydrogen) atoms. The Balaban J connectivity index is 2.17. The highest BCUT2D eigenvalue weighted by Gasteiger charge is 1.97. The Morgan fingerprint density at radius 2 is 1.88 bits per heavy atom. The molecule has 90 valence electrons. The van der Waals surface area contributed by atoms with Crippen LogP contribution in [0.5, 0.6) is 0 Å². The van der Waals surface area contributed by atoms with Crippen LogP contribution in [0.3, 0.4) is 0 Å². The molecule has 0 saturated heterocycles. The first-order chi connectivity index (χ1) is 7.72. The third kappa shape index (κ3) is 5.12. The zero-order chi connectivity index (χ0) is 11.8. The van der Waals surface area contributed by atoms with Crippen molar-refractivity contribution in [1.29, 1.82) is 0 Å². The lowest BCUT2D eigenvalue weighted by Gasteiger charge is -2.16. The number of unbranched alkanes of at least 4 members (excludes halogenated alkanes) is 1. The molecule has 2 nitrogen and oxygen atoms in total. The molecule has 0 heterocycles.